The number of allylic oxidation sites excluding steroid dienone is 1. The van der Waals surface area contributed by atoms with Crippen LogP contribution in [0, 0.1) is 11.3 Å². The quantitative estimate of drug-likeness (QED) is 0.532. The maximum Gasteiger partial charge on any atom is 0.411 e. The van der Waals surface area contributed by atoms with Crippen molar-refractivity contribution >= 4 is 12.1 Å². The fourth-order valence-electron chi connectivity index (χ4n) is 1.81. The molecule has 0 radical (unpaired) electrons. The van der Waals surface area contributed by atoms with Gasteiger partial charge in [0, 0.05) is 19.0 Å². The lowest BCUT2D eigenvalue weighted by atomic mass is 10.1. The van der Waals surface area contributed by atoms with E-state index in [1.165, 1.54) is 18.1 Å². The molecule has 1 heterocycles. The minimum Gasteiger partial charge on any atom is -0.467 e. The Bertz CT molecular complexity index is 443. The zero-order valence-corrected chi connectivity index (χ0v) is 11.6. The fraction of sp³-hybridized carbons (Fsp3) is 0.615. The maximum absolute atomic E-state index is 12.0. The van der Waals surface area contributed by atoms with Crippen LogP contribution in [0.2, 0.25) is 0 Å². The van der Waals surface area contributed by atoms with Crippen LogP contribution >= 0.6 is 0 Å². The summed E-state index contributed by atoms with van der Waals surface area (Å²) >= 11 is 0. The third-order valence-electron chi connectivity index (χ3n) is 2.58. The van der Waals surface area contributed by atoms with E-state index in [2.05, 4.69) is 4.74 Å². The van der Waals surface area contributed by atoms with Gasteiger partial charge in [0.05, 0.1) is 13.2 Å². The smallest absolute Gasteiger partial charge is 0.411 e. The maximum atomic E-state index is 12.0. The molecule has 0 N–H and O–H groups in total. The van der Waals surface area contributed by atoms with Gasteiger partial charge in [0.25, 0.3) is 0 Å². The normalized spacial score (nSPS) is 21.1. The monoisotopic (exact) mass is 266 g/mol. The Labute approximate surface area is 112 Å². The number of amides is 1. The van der Waals surface area contributed by atoms with E-state index in [0.717, 1.165) is 0 Å². The first kappa shape index (κ1) is 15.0. The Hall–Kier alpha value is -2.03. The van der Waals surface area contributed by atoms with Gasteiger partial charge in [0.2, 0.25) is 0 Å². The zero-order valence-electron chi connectivity index (χ0n) is 11.6. The molecular weight excluding hydrogens is 248 g/mol. The number of ether oxygens (including phenoxy) is 2. The third-order valence-corrected chi connectivity index (χ3v) is 2.58. The van der Waals surface area contributed by atoms with Gasteiger partial charge in [-0.3, -0.25) is 4.90 Å². The van der Waals surface area contributed by atoms with Crippen molar-refractivity contribution in [2.75, 3.05) is 13.7 Å². The summed E-state index contributed by atoms with van der Waals surface area (Å²) in [5.41, 5.74) is 0.0724. The second kappa shape index (κ2) is 5.74. The van der Waals surface area contributed by atoms with Crippen LogP contribution < -0.4 is 0 Å². The topological polar surface area (TPSA) is 79.6 Å². The first-order chi connectivity index (χ1) is 8.78. The lowest BCUT2D eigenvalue weighted by molar-refractivity contribution is -0.145. The van der Waals surface area contributed by atoms with Crippen LogP contribution in [0.5, 0.6) is 0 Å². The van der Waals surface area contributed by atoms with E-state index in [1.807, 2.05) is 6.07 Å². The van der Waals surface area contributed by atoms with Crippen LogP contribution in [0.25, 0.3) is 0 Å². The summed E-state index contributed by atoms with van der Waals surface area (Å²) in [4.78, 5) is 25.0. The molecule has 1 atom stereocenters. The van der Waals surface area contributed by atoms with Gasteiger partial charge in [-0.05, 0) is 26.3 Å². The minimum absolute atomic E-state index is 0.211. The highest BCUT2D eigenvalue weighted by molar-refractivity contribution is 5.83. The molecule has 0 aromatic heterocycles. The third kappa shape index (κ3) is 3.98. The number of hydrogen-bond acceptors (Lipinski definition) is 5. The Morgan fingerprint density at radius 3 is 2.58 bits per heavy atom. The summed E-state index contributed by atoms with van der Waals surface area (Å²) in [7, 11) is 1.27. The van der Waals surface area contributed by atoms with E-state index in [4.69, 9.17) is 10.00 Å². The highest BCUT2D eigenvalue weighted by Gasteiger charge is 2.39. The number of rotatable bonds is 1. The van der Waals surface area contributed by atoms with Gasteiger partial charge in [-0.15, -0.1) is 0 Å². The molecule has 104 valence electrons. The predicted molar refractivity (Wildman–Crippen MR) is 67.1 cm³/mol. The largest absolute Gasteiger partial charge is 0.467 e. The van der Waals surface area contributed by atoms with Gasteiger partial charge in [-0.2, -0.15) is 5.26 Å². The van der Waals surface area contributed by atoms with Crippen molar-refractivity contribution in [3.63, 3.8) is 0 Å². The SMILES string of the molecule is COC(=O)C1CC(=CC#N)CN1C(=O)OC(C)(C)C. The van der Waals surface area contributed by atoms with E-state index >= 15 is 0 Å². The van der Waals surface area contributed by atoms with Crippen LogP contribution in [0.4, 0.5) is 4.79 Å². The van der Waals surface area contributed by atoms with Gasteiger partial charge < -0.3 is 9.47 Å². The summed E-state index contributed by atoms with van der Waals surface area (Å²) in [5.74, 6) is -0.507. The van der Waals surface area contributed by atoms with E-state index in [0.29, 0.717) is 12.0 Å². The lowest BCUT2D eigenvalue weighted by Gasteiger charge is -2.27. The molecule has 19 heavy (non-hydrogen) atoms. The second-order valence-corrected chi connectivity index (χ2v) is 5.28. The summed E-state index contributed by atoms with van der Waals surface area (Å²) in [6.45, 7) is 5.46. The van der Waals surface area contributed by atoms with E-state index in [9.17, 15) is 9.59 Å². The Morgan fingerprint density at radius 1 is 1.47 bits per heavy atom. The zero-order chi connectivity index (χ0) is 14.6. The van der Waals surface area contributed by atoms with Gasteiger partial charge in [0.1, 0.15) is 11.6 Å². The van der Waals surface area contributed by atoms with Crippen LogP contribution in [-0.2, 0) is 14.3 Å². The highest BCUT2D eigenvalue weighted by atomic mass is 16.6. The molecule has 1 aliphatic rings. The molecule has 1 fully saturated rings. The molecule has 0 bridgehead atoms. The first-order valence-electron chi connectivity index (χ1n) is 5.93. The molecule has 1 saturated heterocycles. The number of nitriles is 1. The average molecular weight is 266 g/mol. The average Bonchev–Trinajstić information content (AvgIpc) is 2.70. The standard InChI is InChI=1S/C13H18N2O4/c1-13(2,3)19-12(17)15-8-9(5-6-14)7-10(15)11(16)18-4/h5,10H,7-8H2,1-4H3. The summed E-state index contributed by atoms with van der Waals surface area (Å²) in [5, 5.41) is 8.64. The van der Waals surface area contributed by atoms with Crippen LogP contribution in [-0.4, -0.2) is 42.3 Å². The summed E-state index contributed by atoms with van der Waals surface area (Å²) < 4.78 is 9.91. The van der Waals surface area contributed by atoms with Gasteiger partial charge in [-0.25, -0.2) is 9.59 Å². The van der Waals surface area contributed by atoms with Crippen LogP contribution in [0.1, 0.15) is 27.2 Å². The number of likely N-dealkylation sites (tertiary alicyclic amines) is 1. The van der Waals surface area contributed by atoms with Crippen molar-refractivity contribution in [2.24, 2.45) is 0 Å². The fourth-order valence-corrected chi connectivity index (χ4v) is 1.81. The first-order valence-corrected chi connectivity index (χ1v) is 5.93. The molecule has 0 saturated carbocycles. The van der Waals surface area contributed by atoms with E-state index in [1.54, 1.807) is 20.8 Å². The number of esters is 1. The minimum atomic E-state index is -0.723. The molecule has 1 aliphatic heterocycles. The number of hydrogen-bond donors (Lipinski definition) is 0. The summed E-state index contributed by atoms with van der Waals surface area (Å²) in [6.07, 6.45) is 1.07. The van der Waals surface area contributed by atoms with Gasteiger partial charge in [0.15, 0.2) is 0 Å². The molecular formula is C13H18N2O4. The number of methoxy groups -OCH3 is 1. The molecule has 1 amide bonds. The predicted octanol–water partition coefficient (Wildman–Crippen LogP) is 1.62. The molecule has 6 nitrogen and oxygen atoms in total. The van der Waals surface area contributed by atoms with Crippen LogP contribution in [0.3, 0.4) is 0 Å². The van der Waals surface area contributed by atoms with E-state index < -0.39 is 23.7 Å². The number of nitrogens with zero attached hydrogens (tertiary/aromatic N) is 2. The second-order valence-electron chi connectivity index (χ2n) is 5.28. The Morgan fingerprint density at radius 2 is 2.11 bits per heavy atom. The molecule has 0 aromatic carbocycles. The van der Waals surface area contributed by atoms with Crippen molar-refractivity contribution < 1.29 is 19.1 Å². The van der Waals surface area contributed by atoms with Crippen LogP contribution in [0.15, 0.2) is 11.6 Å². The highest BCUT2D eigenvalue weighted by Crippen LogP contribution is 2.25. The molecule has 0 aromatic rings. The lowest BCUT2D eigenvalue weighted by Crippen LogP contribution is -2.43. The van der Waals surface area contributed by atoms with Crippen molar-refractivity contribution in [1.82, 2.24) is 4.90 Å². The van der Waals surface area contributed by atoms with Crippen molar-refractivity contribution in [2.45, 2.75) is 38.8 Å². The molecule has 0 spiro atoms. The van der Waals surface area contributed by atoms with Crippen molar-refractivity contribution in [3.05, 3.63) is 11.6 Å². The molecule has 1 unspecified atom stereocenters. The molecule has 0 aliphatic carbocycles. The molecule has 1 rings (SSSR count). The Balaban J connectivity index is 2.89. The van der Waals surface area contributed by atoms with Crippen molar-refractivity contribution in [3.8, 4) is 6.07 Å². The van der Waals surface area contributed by atoms with Gasteiger partial charge in [-0.1, -0.05) is 0 Å². The van der Waals surface area contributed by atoms with E-state index in [-0.39, 0.29) is 6.54 Å². The molecule has 6 heteroatoms. The van der Waals surface area contributed by atoms with Gasteiger partial charge >= 0.3 is 12.1 Å². The summed E-state index contributed by atoms with van der Waals surface area (Å²) in [6, 6.07) is 1.18. The number of carbonyl (C=O) groups is 2. The van der Waals surface area contributed by atoms with Crippen molar-refractivity contribution in [1.29, 1.82) is 5.26 Å². The Kier molecular flexibility index (Phi) is 4.54. The number of carbonyl (C=O) groups excluding carboxylic acids is 2.